The van der Waals surface area contributed by atoms with Gasteiger partial charge in [-0.15, -0.1) is 0 Å². The number of aliphatic hydroxyl groups excluding tert-OH is 1. The predicted octanol–water partition coefficient (Wildman–Crippen LogP) is 2.27. The highest BCUT2D eigenvalue weighted by Crippen LogP contribution is 2.26. The van der Waals surface area contributed by atoms with Crippen molar-refractivity contribution in [1.82, 2.24) is 0 Å². The summed E-state index contributed by atoms with van der Waals surface area (Å²) in [4.78, 5) is 0. The molecule has 1 aromatic rings. The van der Waals surface area contributed by atoms with E-state index in [-0.39, 0.29) is 18.8 Å². The number of benzene rings is 1. The van der Waals surface area contributed by atoms with Crippen molar-refractivity contribution < 1.29 is 19.3 Å². The van der Waals surface area contributed by atoms with Crippen LogP contribution in [0.15, 0.2) is 42.5 Å². The number of ether oxygens (including phenoxy) is 3. The summed E-state index contributed by atoms with van der Waals surface area (Å²) in [6.07, 6.45) is 3.11. The fraction of sp³-hybridized carbons (Fsp3) is 0.500. The van der Waals surface area contributed by atoms with Gasteiger partial charge in [0.25, 0.3) is 0 Å². The van der Waals surface area contributed by atoms with Crippen molar-refractivity contribution in [2.75, 3.05) is 13.2 Å². The molecule has 20 heavy (non-hydrogen) atoms. The third-order valence-electron chi connectivity index (χ3n) is 3.11. The van der Waals surface area contributed by atoms with Crippen LogP contribution in [0.5, 0.6) is 0 Å². The standard InChI is InChI=1S/C16H22O4/c1-16(2)19-12-15(20-16)14(9-6-10-17)18-11-13-7-4-3-5-8-13/h3-9,14-15,17H,10-12H2,1-2H3/b9-6+/t14-,15-/m0/s1. The van der Waals surface area contributed by atoms with Gasteiger partial charge in [0.05, 0.1) is 19.8 Å². The molecule has 1 aliphatic rings. The third-order valence-corrected chi connectivity index (χ3v) is 3.11. The van der Waals surface area contributed by atoms with E-state index in [4.69, 9.17) is 19.3 Å². The maximum absolute atomic E-state index is 8.93. The molecule has 2 atom stereocenters. The van der Waals surface area contributed by atoms with E-state index >= 15 is 0 Å². The van der Waals surface area contributed by atoms with E-state index in [1.165, 1.54) is 0 Å². The number of rotatable bonds is 6. The molecule has 110 valence electrons. The van der Waals surface area contributed by atoms with Gasteiger partial charge >= 0.3 is 0 Å². The summed E-state index contributed by atoms with van der Waals surface area (Å²) < 4.78 is 17.3. The molecule has 1 heterocycles. The van der Waals surface area contributed by atoms with E-state index in [2.05, 4.69) is 0 Å². The Morgan fingerprint density at radius 3 is 2.75 bits per heavy atom. The highest BCUT2D eigenvalue weighted by atomic mass is 16.7. The zero-order chi connectivity index (χ0) is 14.4. The number of aliphatic hydroxyl groups is 1. The van der Waals surface area contributed by atoms with Crippen LogP contribution in [0.25, 0.3) is 0 Å². The van der Waals surface area contributed by atoms with Gasteiger partial charge in [-0.05, 0) is 19.4 Å². The second kappa shape index (κ2) is 6.99. The Kier molecular flexibility index (Phi) is 5.31. The number of hydrogen-bond acceptors (Lipinski definition) is 4. The second-order valence-corrected chi connectivity index (χ2v) is 5.24. The maximum atomic E-state index is 8.93. The van der Waals surface area contributed by atoms with E-state index in [1.807, 2.05) is 50.3 Å². The minimum atomic E-state index is -0.577. The first kappa shape index (κ1) is 15.2. The molecule has 0 spiro atoms. The molecular formula is C16H22O4. The summed E-state index contributed by atoms with van der Waals surface area (Å²) in [7, 11) is 0. The summed E-state index contributed by atoms with van der Waals surface area (Å²) in [5.41, 5.74) is 1.10. The molecular weight excluding hydrogens is 256 g/mol. The van der Waals surface area contributed by atoms with Gasteiger partial charge in [0.15, 0.2) is 5.79 Å². The maximum Gasteiger partial charge on any atom is 0.163 e. The molecule has 4 nitrogen and oxygen atoms in total. The van der Waals surface area contributed by atoms with E-state index < -0.39 is 5.79 Å². The normalized spacial score (nSPS) is 23.2. The fourth-order valence-corrected chi connectivity index (χ4v) is 2.13. The molecule has 0 unspecified atom stereocenters. The Balaban J connectivity index is 1.96. The molecule has 0 aromatic heterocycles. The second-order valence-electron chi connectivity index (χ2n) is 5.24. The van der Waals surface area contributed by atoms with Crippen LogP contribution in [-0.4, -0.2) is 36.3 Å². The third kappa shape index (κ3) is 4.42. The molecule has 0 amide bonds. The van der Waals surface area contributed by atoms with Crippen LogP contribution >= 0.6 is 0 Å². The van der Waals surface area contributed by atoms with Crippen LogP contribution in [0.4, 0.5) is 0 Å². The number of hydrogen-bond donors (Lipinski definition) is 1. The first-order chi connectivity index (χ1) is 9.61. The van der Waals surface area contributed by atoms with Gasteiger partial charge in [0.1, 0.15) is 12.2 Å². The topological polar surface area (TPSA) is 47.9 Å². The summed E-state index contributed by atoms with van der Waals surface area (Å²) in [5.74, 6) is -0.577. The highest BCUT2D eigenvalue weighted by Gasteiger charge is 2.36. The summed E-state index contributed by atoms with van der Waals surface area (Å²) in [6, 6.07) is 9.97. The first-order valence-electron chi connectivity index (χ1n) is 6.85. The lowest BCUT2D eigenvalue weighted by molar-refractivity contribution is -0.152. The van der Waals surface area contributed by atoms with Gasteiger partial charge in [0, 0.05) is 0 Å². The first-order valence-corrected chi connectivity index (χ1v) is 6.85. The minimum Gasteiger partial charge on any atom is -0.392 e. The lowest BCUT2D eigenvalue weighted by Crippen LogP contribution is -2.31. The van der Waals surface area contributed by atoms with Crippen molar-refractivity contribution in [3.63, 3.8) is 0 Å². The van der Waals surface area contributed by atoms with Gasteiger partial charge in [-0.1, -0.05) is 42.5 Å². The summed E-state index contributed by atoms with van der Waals surface area (Å²) in [5, 5.41) is 8.93. The highest BCUT2D eigenvalue weighted by molar-refractivity contribution is 5.13. The van der Waals surface area contributed by atoms with Gasteiger partial charge in [-0.2, -0.15) is 0 Å². The van der Waals surface area contributed by atoms with Gasteiger partial charge in [-0.3, -0.25) is 0 Å². The van der Waals surface area contributed by atoms with Crippen molar-refractivity contribution in [2.24, 2.45) is 0 Å². The van der Waals surface area contributed by atoms with Gasteiger partial charge in [-0.25, -0.2) is 0 Å². The monoisotopic (exact) mass is 278 g/mol. The molecule has 0 aliphatic carbocycles. The van der Waals surface area contributed by atoms with Crippen molar-refractivity contribution in [3.8, 4) is 0 Å². The minimum absolute atomic E-state index is 0.0117. The molecule has 1 fully saturated rings. The summed E-state index contributed by atoms with van der Waals surface area (Å²) >= 11 is 0. The molecule has 1 aliphatic heterocycles. The van der Waals surface area contributed by atoms with Crippen LogP contribution in [0.3, 0.4) is 0 Å². The Labute approximate surface area is 120 Å². The van der Waals surface area contributed by atoms with Crippen LogP contribution < -0.4 is 0 Å². The molecule has 4 heteroatoms. The van der Waals surface area contributed by atoms with Crippen LogP contribution in [0, 0.1) is 0 Å². The molecule has 2 rings (SSSR count). The average Bonchev–Trinajstić information content (AvgIpc) is 2.80. The van der Waals surface area contributed by atoms with Gasteiger partial charge in [0.2, 0.25) is 0 Å². The molecule has 0 radical (unpaired) electrons. The van der Waals surface area contributed by atoms with Crippen molar-refractivity contribution >= 4 is 0 Å². The van der Waals surface area contributed by atoms with E-state index in [0.717, 1.165) is 5.56 Å². The average molecular weight is 278 g/mol. The lowest BCUT2D eigenvalue weighted by Gasteiger charge is -2.22. The Morgan fingerprint density at radius 2 is 2.15 bits per heavy atom. The van der Waals surface area contributed by atoms with Crippen molar-refractivity contribution in [2.45, 2.75) is 38.4 Å². The Morgan fingerprint density at radius 1 is 1.40 bits per heavy atom. The predicted molar refractivity (Wildman–Crippen MR) is 76.1 cm³/mol. The molecule has 0 bridgehead atoms. The summed E-state index contributed by atoms with van der Waals surface area (Å²) in [6.45, 7) is 4.75. The van der Waals surface area contributed by atoms with E-state index in [9.17, 15) is 0 Å². The molecule has 0 saturated carbocycles. The largest absolute Gasteiger partial charge is 0.392 e. The zero-order valence-corrected chi connectivity index (χ0v) is 12.0. The lowest BCUT2D eigenvalue weighted by atomic mass is 10.2. The van der Waals surface area contributed by atoms with Crippen LogP contribution in [0.1, 0.15) is 19.4 Å². The van der Waals surface area contributed by atoms with Crippen LogP contribution in [-0.2, 0) is 20.8 Å². The van der Waals surface area contributed by atoms with Crippen LogP contribution in [0.2, 0.25) is 0 Å². The van der Waals surface area contributed by atoms with Crippen molar-refractivity contribution in [3.05, 3.63) is 48.0 Å². The fourth-order valence-electron chi connectivity index (χ4n) is 2.13. The van der Waals surface area contributed by atoms with Gasteiger partial charge < -0.3 is 19.3 Å². The molecule has 1 aromatic carbocycles. The quantitative estimate of drug-likeness (QED) is 0.811. The smallest absolute Gasteiger partial charge is 0.163 e. The van der Waals surface area contributed by atoms with E-state index in [0.29, 0.717) is 13.2 Å². The Bertz CT molecular complexity index is 427. The Hall–Kier alpha value is -1.20. The zero-order valence-electron chi connectivity index (χ0n) is 12.0. The van der Waals surface area contributed by atoms with E-state index in [1.54, 1.807) is 6.08 Å². The molecule has 1 saturated heterocycles. The SMILES string of the molecule is CC1(C)OC[C@@H]([C@H](/C=C/CO)OCc2ccccc2)O1. The molecule has 1 N–H and O–H groups in total. The van der Waals surface area contributed by atoms with Crippen molar-refractivity contribution in [1.29, 1.82) is 0 Å².